The van der Waals surface area contributed by atoms with Gasteiger partial charge in [-0.3, -0.25) is 4.98 Å². The smallest absolute Gasteiger partial charge is 0.136 e. The fraction of sp³-hybridized carbons (Fsp3) is 0. The first-order chi connectivity index (χ1) is 6.43. The summed E-state index contributed by atoms with van der Waals surface area (Å²) in [7, 11) is 0. The van der Waals surface area contributed by atoms with Crippen molar-refractivity contribution in [1.29, 1.82) is 0 Å². The molecule has 0 bridgehead atoms. The fourth-order valence-electron chi connectivity index (χ4n) is 1.53. The zero-order valence-corrected chi connectivity index (χ0v) is 6.90. The number of furan rings is 1. The predicted octanol–water partition coefficient (Wildman–Crippen LogP) is 2.98. The third-order valence-corrected chi connectivity index (χ3v) is 2.18. The van der Waals surface area contributed by atoms with Gasteiger partial charge in [0, 0.05) is 23.0 Å². The van der Waals surface area contributed by atoms with E-state index in [1.807, 2.05) is 18.2 Å². The van der Waals surface area contributed by atoms with E-state index < -0.39 is 0 Å². The van der Waals surface area contributed by atoms with Gasteiger partial charge in [0.25, 0.3) is 0 Å². The minimum atomic E-state index is 0.895. The van der Waals surface area contributed by atoms with Gasteiger partial charge in [-0.15, -0.1) is 0 Å². The van der Waals surface area contributed by atoms with Gasteiger partial charge in [0.2, 0.25) is 0 Å². The topological polar surface area (TPSA) is 26.0 Å². The molecule has 0 amide bonds. The SMILES string of the molecule is c1cnc2cc3occc3cc2c1. The fourth-order valence-corrected chi connectivity index (χ4v) is 1.53. The molecule has 3 aromatic rings. The predicted molar refractivity (Wildman–Crippen MR) is 51.5 cm³/mol. The van der Waals surface area contributed by atoms with Gasteiger partial charge >= 0.3 is 0 Å². The number of benzene rings is 1. The standard InChI is InChI=1S/C11H7NO/c1-2-8-6-9-3-5-13-11(9)7-10(8)12-4-1/h1-7H. The molecule has 2 heterocycles. The number of aromatic nitrogens is 1. The van der Waals surface area contributed by atoms with E-state index in [0.717, 1.165) is 21.9 Å². The average Bonchev–Trinajstić information content (AvgIpc) is 2.61. The summed E-state index contributed by atoms with van der Waals surface area (Å²) in [6.45, 7) is 0. The lowest BCUT2D eigenvalue weighted by molar-refractivity contribution is 0.616. The minimum Gasteiger partial charge on any atom is -0.464 e. The van der Waals surface area contributed by atoms with Crippen LogP contribution in [-0.2, 0) is 0 Å². The van der Waals surface area contributed by atoms with E-state index in [4.69, 9.17) is 4.42 Å². The van der Waals surface area contributed by atoms with E-state index in [9.17, 15) is 0 Å². The molecule has 0 saturated heterocycles. The van der Waals surface area contributed by atoms with Crippen LogP contribution in [0.3, 0.4) is 0 Å². The molecule has 2 nitrogen and oxygen atoms in total. The van der Waals surface area contributed by atoms with Crippen LogP contribution < -0.4 is 0 Å². The van der Waals surface area contributed by atoms with Crippen LogP contribution in [0.1, 0.15) is 0 Å². The summed E-state index contributed by atoms with van der Waals surface area (Å²) >= 11 is 0. The first kappa shape index (κ1) is 6.66. The number of hydrogen-bond acceptors (Lipinski definition) is 2. The van der Waals surface area contributed by atoms with Crippen molar-refractivity contribution in [3.63, 3.8) is 0 Å². The van der Waals surface area contributed by atoms with Crippen LogP contribution in [0.2, 0.25) is 0 Å². The molecule has 2 aromatic heterocycles. The van der Waals surface area contributed by atoms with Crippen LogP contribution in [0.25, 0.3) is 21.9 Å². The Bertz CT molecular complexity index is 519. The first-order valence-electron chi connectivity index (χ1n) is 4.15. The van der Waals surface area contributed by atoms with Crippen LogP contribution in [0.5, 0.6) is 0 Å². The quantitative estimate of drug-likeness (QED) is 0.517. The maximum atomic E-state index is 5.29. The Labute approximate surface area is 74.8 Å². The highest BCUT2D eigenvalue weighted by Crippen LogP contribution is 2.21. The van der Waals surface area contributed by atoms with E-state index in [2.05, 4.69) is 17.1 Å². The van der Waals surface area contributed by atoms with Gasteiger partial charge in [0.1, 0.15) is 5.58 Å². The Hall–Kier alpha value is -1.83. The van der Waals surface area contributed by atoms with Crippen LogP contribution in [-0.4, -0.2) is 4.98 Å². The molecule has 0 radical (unpaired) electrons. The number of rotatable bonds is 0. The minimum absolute atomic E-state index is 0.895. The second-order valence-electron chi connectivity index (χ2n) is 3.01. The van der Waals surface area contributed by atoms with Gasteiger partial charge in [0.15, 0.2) is 0 Å². The summed E-state index contributed by atoms with van der Waals surface area (Å²) in [6.07, 6.45) is 3.49. The average molecular weight is 169 g/mol. The van der Waals surface area contributed by atoms with Gasteiger partial charge < -0.3 is 4.42 Å². The Morgan fingerprint density at radius 1 is 1.08 bits per heavy atom. The zero-order valence-electron chi connectivity index (χ0n) is 6.90. The molecule has 1 aromatic carbocycles. The molecule has 3 rings (SSSR count). The summed E-state index contributed by atoms with van der Waals surface area (Å²) in [5.74, 6) is 0. The highest BCUT2D eigenvalue weighted by Gasteiger charge is 1.99. The van der Waals surface area contributed by atoms with Crippen molar-refractivity contribution >= 4 is 21.9 Å². The van der Waals surface area contributed by atoms with Crippen molar-refractivity contribution in [1.82, 2.24) is 4.98 Å². The molecule has 0 atom stereocenters. The van der Waals surface area contributed by atoms with Crippen LogP contribution in [0, 0.1) is 0 Å². The highest BCUT2D eigenvalue weighted by atomic mass is 16.3. The largest absolute Gasteiger partial charge is 0.464 e. The van der Waals surface area contributed by atoms with Gasteiger partial charge in [-0.2, -0.15) is 0 Å². The van der Waals surface area contributed by atoms with Crippen molar-refractivity contribution < 1.29 is 4.42 Å². The summed E-state index contributed by atoms with van der Waals surface area (Å²) in [6, 6.07) is 10.00. The third kappa shape index (κ3) is 0.920. The van der Waals surface area contributed by atoms with Gasteiger partial charge in [-0.1, -0.05) is 6.07 Å². The maximum Gasteiger partial charge on any atom is 0.136 e. The lowest BCUT2D eigenvalue weighted by atomic mass is 10.2. The second-order valence-corrected chi connectivity index (χ2v) is 3.01. The Kier molecular flexibility index (Phi) is 1.19. The molecule has 0 aliphatic heterocycles. The van der Waals surface area contributed by atoms with E-state index in [-0.39, 0.29) is 0 Å². The number of pyridine rings is 1. The Morgan fingerprint density at radius 2 is 2.08 bits per heavy atom. The molecular weight excluding hydrogens is 162 g/mol. The summed E-state index contributed by atoms with van der Waals surface area (Å²) < 4.78 is 5.29. The van der Waals surface area contributed by atoms with E-state index in [1.54, 1.807) is 12.5 Å². The van der Waals surface area contributed by atoms with Gasteiger partial charge in [0.05, 0.1) is 11.8 Å². The van der Waals surface area contributed by atoms with Gasteiger partial charge in [-0.25, -0.2) is 0 Å². The number of nitrogens with zero attached hydrogens (tertiary/aromatic N) is 1. The molecule has 0 aliphatic rings. The van der Waals surface area contributed by atoms with Crippen molar-refractivity contribution in [2.24, 2.45) is 0 Å². The van der Waals surface area contributed by atoms with E-state index in [1.165, 1.54) is 0 Å². The molecule has 0 aliphatic carbocycles. The normalized spacial score (nSPS) is 11.1. The summed E-state index contributed by atoms with van der Waals surface area (Å²) in [5, 5.41) is 2.27. The van der Waals surface area contributed by atoms with E-state index >= 15 is 0 Å². The molecule has 0 N–H and O–H groups in total. The summed E-state index contributed by atoms with van der Waals surface area (Å²) in [5.41, 5.74) is 1.87. The van der Waals surface area contributed by atoms with Crippen LogP contribution >= 0.6 is 0 Å². The summed E-state index contributed by atoms with van der Waals surface area (Å²) in [4.78, 5) is 4.25. The van der Waals surface area contributed by atoms with Crippen molar-refractivity contribution in [3.05, 3.63) is 42.8 Å². The van der Waals surface area contributed by atoms with Crippen molar-refractivity contribution in [2.45, 2.75) is 0 Å². The van der Waals surface area contributed by atoms with Crippen LogP contribution in [0.15, 0.2) is 47.2 Å². The van der Waals surface area contributed by atoms with Crippen molar-refractivity contribution in [3.8, 4) is 0 Å². The highest BCUT2D eigenvalue weighted by molar-refractivity contribution is 5.93. The maximum absolute atomic E-state index is 5.29. The molecule has 0 fully saturated rings. The zero-order chi connectivity index (χ0) is 8.67. The van der Waals surface area contributed by atoms with Crippen LogP contribution in [0.4, 0.5) is 0 Å². The molecule has 2 heteroatoms. The Morgan fingerprint density at radius 3 is 3.08 bits per heavy atom. The molecule has 0 spiro atoms. The monoisotopic (exact) mass is 169 g/mol. The molecule has 13 heavy (non-hydrogen) atoms. The van der Waals surface area contributed by atoms with E-state index in [0.29, 0.717) is 0 Å². The number of fused-ring (bicyclic) bond motifs is 2. The second kappa shape index (κ2) is 2.33. The number of hydrogen-bond donors (Lipinski definition) is 0. The molecule has 0 unspecified atom stereocenters. The lowest BCUT2D eigenvalue weighted by Gasteiger charge is -1.94. The third-order valence-electron chi connectivity index (χ3n) is 2.18. The van der Waals surface area contributed by atoms with Crippen molar-refractivity contribution in [2.75, 3.05) is 0 Å². The lowest BCUT2D eigenvalue weighted by Crippen LogP contribution is -1.75. The van der Waals surface area contributed by atoms with Gasteiger partial charge in [-0.05, 0) is 18.2 Å². The Balaban J connectivity index is 2.57. The first-order valence-corrected chi connectivity index (χ1v) is 4.15. The molecular formula is C11H7NO. The molecule has 0 saturated carbocycles. The molecule has 62 valence electrons.